The van der Waals surface area contributed by atoms with Gasteiger partial charge in [0, 0.05) is 39.1 Å². The van der Waals surface area contributed by atoms with Crippen LogP contribution in [0.4, 0.5) is 0 Å². The Morgan fingerprint density at radius 2 is 1.68 bits per heavy atom. The zero-order valence-electron chi connectivity index (χ0n) is 18.3. The fraction of sp³-hybridized carbons (Fsp3) is 0.440. The summed E-state index contributed by atoms with van der Waals surface area (Å²) in [7, 11) is 0. The minimum absolute atomic E-state index is 0.0106. The topological polar surface area (TPSA) is 61.9 Å². The number of ether oxygens (including phenoxy) is 1. The number of hydrogen-bond donors (Lipinski definition) is 1. The summed E-state index contributed by atoms with van der Waals surface area (Å²) in [6.07, 6.45) is 1.15. The molecule has 2 aromatic carbocycles. The molecule has 1 saturated heterocycles. The Labute approximate surface area is 185 Å². The molecule has 0 bridgehead atoms. The summed E-state index contributed by atoms with van der Waals surface area (Å²) >= 11 is 0. The van der Waals surface area contributed by atoms with Gasteiger partial charge < -0.3 is 15.0 Å². The molecule has 0 radical (unpaired) electrons. The van der Waals surface area contributed by atoms with Crippen molar-refractivity contribution < 1.29 is 14.3 Å². The third kappa shape index (κ3) is 6.91. The molecule has 166 valence electrons. The van der Waals surface area contributed by atoms with Gasteiger partial charge in [-0.3, -0.25) is 14.5 Å². The molecule has 31 heavy (non-hydrogen) atoms. The van der Waals surface area contributed by atoms with E-state index in [9.17, 15) is 9.59 Å². The van der Waals surface area contributed by atoms with Crippen molar-refractivity contribution in [2.24, 2.45) is 0 Å². The number of amides is 2. The molecule has 0 aliphatic carbocycles. The molecule has 2 aromatic rings. The summed E-state index contributed by atoms with van der Waals surface area (Å²) in [6, 6.07) is 18.8. The first kappa shape index (κ1) is 23.0. The Bertz CT molecular complexity index is 807. The molecular weight excluding hydrogens is 390 g/mol. The zero-order chi connectivity index (χ0) is 21.9. The molecule has 1 N–H and O–H groups in total. The molecule has 1 aliphatic rings. The lowest BCUT2D eigenvalue weighted by atomic mass is 10.0. The van der Waals surface area contributed by atoms with Gasteiger partial charge in [0.25, 0.3) is 0 Å². The van der Waals surface area contributed by atoms with E-state index in [-0.39, 0.29) is 11.8 Å². The molecule has 1 heterocycles. The molecule has 1 atom stereocenters. The van der Waals surface area contributed by atoms with Crippen LogP contribution in [0.25, 0.3) is 0 Å². The summed E-state index contributed by atoms with van der Waals surface area (Å²) in [4.78, 5) is 30.5. The van der Waals surface area contributed by atoms with Crippen LogP contribution in [-0.2, 0) is 20.9 Å². The van der Waals surface area contributed by atoms with E-state index in [0.717, 1.165) is 50.4 Å². The van der Waals surface area contributed by atoms with E-state index in [1.165, 1.54) is 0 Å². The summed E-state index contributed by atoms with van der Waals surface area (Å²) in [5, 5.41) is 3.08. The molecular formula is C25H33N3O3. The molecule has 0 saturated carbocycles. The lowest BCUT2D eigenvalue weighted by molar-refractivity contribution is -0.141. The molecule has 6 heteroatoms. The summed E-state index contributed by atoms with van der Waals surface area (Å²) in [5.41, 5.74) is 1.83. The standard InChI is InChI=1S/C25H33N3O3/c1-2-9-23(29)28(20-21-10-5-3-6-11-21)24(22-12-7-4-8-13-22)25(30)26-14-15-27-16-18-31-19-17-27/h3-8,10-13,24H,2,9,14-20H2,1H3,(H,26,30)/t24-/m1/s1. The lowest BCUT2D eigenvalue weighted by Crippen LogP contribution is -2.46. The van der Waals surface area contributed by atoms with E-state index in [1.54, 1.807) is 4.90 Å². The van der Waals surface area contributed by atoms with Crippen molar-refractivity contribution in [3.8, 4) is 0 Å². The SMILES string of the molecule is CCCC(=O)N(Cc1ccccc1)[C@@H](C(=O)NCCN1CCOCC1)c1ccccc1. The van der Waals surface area contributed by atoms with Crippen LogP contribution in [0.5, 0.6) is 0 Å². The first-order chi connectivity index (χ1) is 15.2. The van der Waals surface area contributed by atoms with Crippen LogP contribution in [0.3, 0.4) is 0 Å². The Kier molecular flexibility index (Phi) is 9.06. The maximum absolute atomic E-state index is 13.4. The smallest absolute Gasteiger partial charge is 0.247 e. The van der Waals surface area contributed by atoms with Crippen molar-refractivity contribution in [1.29, 1.82) is 0 Å². The average molecular weight is 424 g/mol. The second-order valence-corrected chi connectivity index (χ2v) is 7.82. The largest absolute Gasteiger partial charge is 0.379 e. The van der Waals surface area contributed by atoms with Crippen molar-refractivity contribution in [3.05, 3.63) is 71.8 Å². The first-order valence-corrected chi connectivity index (χ1v) is 11.1. The molecule has 0 aromatic heterocycles. The predicted octanol–water partition coefficient (Wildman–Crippen LogP) is 3.01. The molecule has 1 aliphatic heterocycles. The van der Waals surface area contributed by atoms with Crippen LogP contribution in [0.2, 0.25) is 0 Å². The minimum Gasteiger partial charge on any atom is -0.379 e. The third-order valence-corrected chi connectivity index (χ3v) is 5.49. The van der Waals surface area contributed by atoms with Crippen molar-refractivity contribution >= 4 is 11.8 Å². The van der Waals surface area contributed by atoms with Gasteiger partial charge in [-0.15, -0.1) is 0 Å². The predicted molar refractivity (Wildman–Crippen MR) is 121 cm³/mol. The number of benzene rings is 2. The summed E-state index contributed by atoms with van der Waals surface area (Å²) < 4.78 is 5.39. The Balaban J connectivity index is 1.78. The lowest BCUT2D eigenvalue weighted by Gasteiger charge is -2.32. The average Bonchev–Trinajstić information content (AvgIpc) is 2.81. The second kappa shape index (κ2) is 12.2. The number of carbonyl (C=O) groups excluding carboxylic acids is 2. The van der Waals surface area contributed by atoms with E-state index >= 15 is 0 Å². The van der Waals surface area contributed by atoms with Gasteiger partial charge in [0.15, 0.2) is 0 Å². The number of hydrogen-bond acceptors (Lipinski definition) is 4. The van der Waals surface area contributed by atoms with E-state index in [2.05, 4.69) is 10.2 Å². The zero-order valence-corrected chi connectivity index (χ0v) is 18.3. The van der Waals surface area contributed by atoms with Gasteiger partial charge in [-0.1, -0.05) is 67.6 Å². The van der Waals surface area contributed by atoms with E-state index in [4.69, 9.17) is 4.74 Å². The Morgan fingerprint density at radius 3 is 2.32 bits per heavy atom. The van der Waals surface area contributed by atoms with E-state index in [1.807, 2.05) is 67.6 Å². The normalized spacial score (nSPS) is 15.3. The molecule has 0 spiro atoms. The molecule has 3 rings (SSSR count). The highest BCUT2D eigenvalue weighted by Crippen LogP contribution is 2.25. The fourth-order valence-electron chi connectivity index (χ4n) is 3.83. The van der Waals surface area contributed by atoms with Gasteiger partial charge in [0.05, 0.1) is 13.2 Å². The second-order valence-electron chi connectivity index (χ2n) is 7.82. The monoisotopic (exact) mass is 423 g/mol. The maximum atomic E-state index is 13.4. The van der Waals surface area contributed by atoms with E-state index in [0.29, 0.717) is 19.5 Å². The van der Waals surface area contributed by atoms with Gasteiger partial charge in [0.2, 0.25) is 11.8 Å². The number of nitrogens with one attached hydrogen (secondary N) is 1. The van der Waals surface area contributed by atoms with Gasteiger partial charge >= 0.3 is 0 Å². The van der Waals surface area contributed by atoms with Crippen molar-refractivity contribution in [2.75, 3.05) is 39.4 Å². The Hall–Kier alpha value is -2.70. The van der Waals surface area contributed by atoms with Crippen LogP contribution in [0, 0.1) is 0 Å². The summed E-state index contributed by atoms with van der Waals surface area (Å²) in [6.45, 7) is 6.93. The number of morpholine rings is 1. The first-order valence-electron chi connectivity index (χ1n) is 11.1. The van der Waals surface area contributed by atoms with Crippen molar-refractivity contribution in [2.45, 2.75) is 32.4 Å². The molecule has 1 fully saturated rings. The van der Waals surface area contributed by atoms with Gasteiger partial charge in [-0.05, 0) is 17.5 Å². The molecule has 0 unspecified atom stereocenters. The van der Waals surface area contributed by atoms with Crippen LogP contribution in [0.1, 0.15) is 36.9 Å². The molecule has 2 amide bonds. The number of rotatable bonds is 10. The van der Waals surface area contributed by atoms with Gasteiger partial charge in [-0.25, -0.2) is 0 Å². The highest BCUT2D eigenvalue weighted by molar-refractivity contribution is 5.88. The van der Waals surface area contributed by atoms with Crippen LogP contribution in [-0.4, -0.2) is 61.0 Å². The van der Waals surface area contributed by atoms with Crippen molar-refractivity contribution in [3.63, 3.8) is 0 Å². The highest BCUT2D eigenvalue weighted by atomic mass is 16.5. The van der Waals surface area contributed by atoms with Crippen LogP contribution < -0.4 is 5.32 Å². The number of nitrogens with zero attached hydrogens (tertiary/aromatic N) is 2. The minimum atomic E-state index is -0.662. The van der Waals surface area contributed by atoms with Crippen molar-refractivity contribution in [1.82, 2.24) is 15.1 Å². The van der Waals surface area contributed by atoms with Gasteiger partial charge in [0.1, 0.15) is 6.04 Å². The number of carbonyl (C=O) groups is 2. The molecule has 6 nitrogen and oxygen atoms in total. The quantitative estimate of drug-likeness (QED) is 0.638. The van der Waals surface area contributed by atoms with E-state index < -0.39 is 6.04 Å². The maximum Gasteiger partial charge on any atom is 0.247 e. The third-order valence-electron chi connectivity index (χ3n) is 5.49. The summed E-state index contributed by atoms with van der Waals surface area (Å²) in [5.74, 6) is -0.150. The fourth-order valence-corrected chi connectivity index (χ4v) is 3.83. The van der Waals surface area contributed by atoms with Crippen LogP contribution >= 0.6 is 0 Å². The highest BCUT2D eigenvalue weighted by Gasteiger charge is 2.31. The van der Waals surface area contributed by atoms with Gasteiger partial charge in [-0.2, -0.15) is 0 Å². The Morgan fingerprint density at radius 1 is 1.03 bits per heavy atom. The van der Waals surface area contributed by atoms with Crippen LogP contribution in [0.15, 0.2) is 60.7 Å².